The summed E-state index contributed by atoms with van der Waals surface area (Å²) in [6.07, 6.45) is 3.59. The van der Waals surface area contributed by atoms with Crippen molar-refractivity contribution >= 4 is 40.7 Å². The van der Waals surface area contributed by atoms with Gasteiger partial charge in [0.25, 0.3) is 5.91 Å². The minimum atomic E-state index is -0.824. The van der Waals surface area contributed by atoms with E-state index in [1.165, 1.54) is 21.0 Å². The van der Waals surface area contributed by atoms with Crippen LogP contribution in [0.3, 0.4) is 0 Å². The van der Waals surface area contributed by atoms with E-state index in [0.29, 0.717) is 27.9 Å². The number of nitrogens with two attached hydrogens (primary N) is 1. The third-order valence-electron chi connectivity index (χ3n) is 4.66. The molecule has 0 aliphatic rings. The molecule has 0 saturated heterocycles. The Morgan fingerprint density at radius 3 is 2.63 bits per heavy atom. The predicted octanol–water partition coefficient (Wildman–Crippen LogP) is 2.55. The summed E-state index contributed by atoms with van der Waals surface area (Å²) in [4.78, 5) is 35.5. The zero-order valence-electron chi connectivity index (χ0n) is 16.9. The first kappa shape index (κ1) is 20.8. The van der Waals surface area contributed by atoms with Crippen LogP contribution in [0.2, 0.25) is 0 Å². The Balaban J connectivity index is 2.01. The third-order valence-corrected chi connectivity index (χ3v) is 4.66. The van der Waals surface area contributed by atoms with Gasteiger partial charge in [0.1, 0.15) is 11.8 Å². The van der Waals surface area contributed by atoms with Gasteiger partial charge in [-0.2, -0.15) is 5.10 Å². The summed E-state index contributed by atoms with van der Waals surface area (Å²) in [6, 6.07) is 9.70. The van der Waals surface area contributed by atoms with Crippen LogP contribution in [0.5, 0.6) is 5.75 Å². The highest BCUT2D eigenvalue weighted by Crippen LogP contribution is 2.32. The summed E-state index contributed by atoms with van der Waals surface area (Å²) in [7, 11) is 1.46. The maximum absolute atomic E-state index is 12.6. The van der Waals surface area contributed by atoms with Gasteiger partial charge in [0.05, 0.1) is 29.3 Å². The highest BCUT2D eigenvalue weighted by Gasteiger charge is 2.21. The van der Waals surface area contributed by atoms with E-state index in [1.807, 2.05) is 18.2 Å². The molecule has 3 rings (SSSR count). The van der Waals surface area contributed by atoms with Gasteiger partial charge in [0, 0.05) is 5.56 Å². The molecule has 0 saturated carbocycles. The van der Waals surface area contributed by atoms with E-state index in [-0.39, 0.29) is 11.3 Å². The molecule has 3 aromatic rings. The predicted molar refractivity (Wildman–Crippen MR) is 114 cm³/mol. The van der Waals surface area contributed by atoms with E-state index < -0.39 is 17.9 Å². The Hall–Kier alpha value is -3.94. The van der Waals surface area contributed by atoms with E-state index >= 15 is 0 Å². The second-order valence-corrected chi connectivity index (χ2v) is 6.79. The first-order valence-corrected chi connectivity index (χ1v) is 9.26. The van der Waals surface area contributed by atoms with Crippen LogP contribution in [0, 0.1) is 0 Å². The SMILES string of the molecule is COc1c(C(=O)N[C@@H](C)C(N)=O)ccc2[nH]nc(C=Cc3cccc(C(C)=O)c3)c12. The van der Waals surface area contributed by atoms with Crippen molar-refractivity contribution in [3.63, 3.8) is 0 Å². The number of H-pyrrole nitrogens is 1. The average molecular weight is 406 g/mol. The van der Waals surface area contributed by atoms with E-state index in [9.17, 15) is 14.4 Å². The first-order chi connectivity index (χ1) is 14.3. The molecule has 0 radical (unpaired) electrons. The Morgan fingerprint density at radius 1 is 1.20 bits per heavy atom. The number of nitrogens with zero attached hydrogens (tertiary/aromatic N) is 1. The number of carbonyl (C=O) groups excluding carboxylic acids is 3. The number of fused-ring (bicyclic) bond motifs is 1. The van der Waals surface area contributed by atoms with Crippen LogP contribution in [0.1, 0.15) is 45.8 Å². The Bertz CT molecular complexity index is 1160. The topological polar surface area (TPSA) is 127 Å². The van der Waals surface area contributed by atoms with Gasteiger partial charge in [-0.3, -0.25) is 19.5 Å². The lowest BCUT2D eigenvalue weighted by Gasteiger charge is -2.13. The van der Waals surface area contributed by atoms with Crippen molar-refractivity contribution in [3.05, 3.63) is 58.8 Å². The smallest absolute Gasteiger partial charge is 0.255 e. The number of Topliss-reactive ketones (excluding diaryl/α,β-unsaturated/α-hetero) is 1. The summed E-state index contributed by atoms with van der Waals surface area (Å²) in [6.45, 7) is 3.02. The van der Waals surface area contributed by atoms with E-state index in [1.54, 1.807) is 30.3 Å². The molecule has 8 heteroatoms. The quantitative estimate of drug-likeness (QED) is 0.520. The van der Waals surface area contributed by atoms with Crippen molar-refractivity contribution in [2.24, 2.45) is 5.73 Å². The number of aromatic nitrogens is 2. The Kier molecular flexibility index (Phi) is 5.96. The summed E-state index contributed by atoms with van der Waals surface area (Å²) >= 11 is 0. The molecule has 0 bridgehead atoms. The molecule has 0 fully saturated rings. The lowest BCUT2D eigenvalue weighted by molar-refractivity contribution is -0.119. The lowest BCUT2D eigenvalue weighted by atomic mass is 10.1. The molecule has 4 N–H and O–H groups in total. The maximum Gasteiger partial charge on any atom is 0.255 e. The fraction of sp³-hybridized carbons (Fsp3) is 0.182. The Labute approximate surface area is 173 Å². The van der Waals surface area contributed by atoms with Crippen molar-refractivity contribution < 1.29 is 19.1 Å². The van der Waals surface area contributed by atoms with Crippen molar-refractivity contribution in [1.29, 1.82) is 0 Å². The van der Waals surface area contributed by atoms with Gasteiger partial charge in [-0.25, -0.2) is 0 Å². The fourth-order valence-electron chi connectivity index (χ4n) is 3.00. The highest BCUT2D eigenvalue weighted by molar-refractivity contribution is 6.06. The number of amides is 2. The summed E-state index contributed by atoms with van der Waals surface area (Å²) in [5, 5.41) is 10.4. The number of ether oxygens (including phenoxy) is 1. The molecular formula is C22H22N4O4. The number of hydrogen-bond acceptors (Lipinski definition) is 5. The van der Waals surface area contributed by atoms with Crippen LogP contribution in [-0.4, -0.2) is 40.9 Å². The van der Waals surface area contributed by atoms with Crippen molar-refractivity contribution in [2.45, 2.75) is 19.9 Å². The molecule has 2 amide bonds. The van der Waals surface area contributed by atoms with E-state index in [2.05, 4.69) is 15.5 Å². The van der Waals surface area contributed by atoms with Gasteiger partial charge in [-0.1, -0.05) is 24.3 Å². The number of rotatable bonds is 7. The number of aromatic amines is 1. The molecular weight excluding hydrogens is 384 g/mol. The lowest BCUT2D eigenvalue weighted by Crippen LogP contribution is -2.42. The second kappa shape index (κ2) is 8.60. The first-order valence-electron chi connectivity index (χ1n) is 9.26. The minimum absolute atomic E-state index is 0.0158. The standard InChI is InChI=1S/C22H22N4O4/c1-12(21(23)28)24-22(29)16-8-10-18-19(20(16)30-3)17(25-26-18)9-7-14-5-4-6-15(11-14)13(2)27/h4-12H,1-3H3,(H2,23,28)(H,24,29)(H,25,26)/t12-/m0/s1. The molecule has 1 atom stereocenters. The van der Waals surface area contributed by atoms with Crippen LogP contribution in [0.25, 0.3) is 23.1 Å². The van der Waals surface area contributed by atoms with Crippen LogP contribution in [-0.2, 0) is 4.79 Å². The third kappa shape index (κ3) is 4.22. The molecule has 8 nitrogen and oxygen atoms in total. The van der Waals surface area contributed by atoms with E-state index in [4.69, 9.17) is 10.5 Å². The monoisotopic (exact) mass is 406 g/mol. The second-order valence-electron chi connectivity index (χ2n) is 6.79. The van der Waals surface area contributed by atoms with Crippen molar-refractivity contribution in [3.8, 4) is 5.75 Å². The zero-order valence-corrected chi connectivity index (χ0v) is 16.9. The van der Waals surface area contributed by atoms with Crippen molar-refractivity contribution in [2.75, 3.05) is 7.11 Å². The van der Waals surface area contributed by atoms with Gasteiger partial charge >= 0.3 is 0 Å². The minimum Gasteiger partial charge on any atom is -0.495 e. The number of benzene rings is 2. The van der Waals surface area contributed by atoms with Gasteiger partial charge in [-0.15, -0.1) is 0 Å². The van der Waals surface area contributed by atoms with Crippen molar-refractivity contribution in [1.82, 2.24) is 15.5 Å². The van der Waals surface area contributed by atoms with Gasteiger partial charge < -0.3 is 15.8 Å². The average Bonchev–Trinajstić information content (AvgIpc) is 3.14. The normalized spacial score (nSPS) is 12.1. The molecule has 0 unspecified atom stereocenters. The fourth-order valence-corrected chi connectivity index (χ4v) is 3.00. The number of primary amides is 1. The number of nitrogens with one attached hydrogen (secondary N) is 2. The number of carbonyl (C=O) groups is 3. The number of ketones is 1. The molecule has 0 aliphatic carbocycles. The van der Waals surface area contributed by atoms with Gasteiger partial charge in [0.2, 0.25) is 5.91 Å². The molecule has 1 heterocycles. The molecule has 30 heavy (non-hydrogen) atoms. The summed E-state index contributed by atoms with van der Waals surface area (Å²) in [5.74, 6) is -0.806. The van der Waals surface area contributed by atoms with Crippen LogP contribution in [0.4, 0.5) is 0 Å². The molecule has 1 aromatic heterocycles. The van der Waals surface area contributed by atoms with Crippen LogP contribution >= 0.6 is 0 Å². The molecule has 0 aliphatic heterocycles. The highest BCUT2D eigenvalue weighted by atomic mass is 16.5. The number of hydrogen-bond donors (Lipinski definition) is 3. The van der Waals surface area contributed by atoms with Crippen LogP contribution < -0.4 is 15.8 Å². The molecule has 154 valence electrons. The van der Waals surface area contributed by atoms with Gasteiger partial charge in [0.15, 0.2) is 5.78 Å². The molecule has 0 spiro atoms. The van der Waals surface area contributed by atoms with Crippen LogP contribution in [0.15, 0.2) is 36.4 Å². The molecule has 2 aromatic carbocycles. The Morgan fingerprint density at radius 2 is 1.97 bits per heavy atom. The number of methoxy groups -OCH3 is 1. The summed E-state index contributed by atoms with van der Waals surface area (Å²) < 4.78 is 5.51. The summed E-state index contributed by atoms with van der Waals surface area (Å²) in [5.41, 5.74) is 8.18. The van der Waals surface area contributed by atoms with Gasteiger partial charge in [-0.05, 0) is 43.7 Å². The maximum atomic E-state index is 12.6. The zero-order chi connectivity index (χ0) is 21.8. The largest absolute Gasteiger partial charge is 0.495 e. The van der Waals surface area contributed by atoms with E-state index in [0.717, 1.165) is 5.56 Å².